The smallest absolute Gasteiger partial charge is 0.274 e. The molecular formula is C17H22N6O2. The number of hydrogen-bond acceptors (Lipinski definition) is 4. The number of carbonyl (C=O) groups excluding carboxylic acids is 2. The van der Waals surface area contributed by atoms with Crippen molar-refractivity contribution < 1.29 is 9.59 Å². The summed E-state index contributed by atoms with van der Waals surface area (Å²) in [5, 5.41) is 8.89. The topological polar surface area (TPSA) is 76.3 Å². The van der Waals surface area contributed by atoms with Crippen LogP contribution in [0.15, 0.2) is 12.1 Å². The first-order valence-electron chi connectivity index (χ1n) is 8.59. The summed E-state index contributed by atoms with van der Waals surface area (Å²) in [6.45, 7) is 6.56. The highest BCUT2D eigenvalue weighted by atomic mass is 16.2. The summed E-state index contributed by atoms with van der Waals surface area (Å²) < 4.78 is 3.66. The molecule has 0 radical (unpaired) electrons. The molecule has 0 aliphatic carbocycles. The minimum atomic E-state index is -0.110. The molecule has 2 aromatic rings. The highest BCUT2D eigenvalue weighted by molar-refractivity contribution is 5.98. The van der Waals surface area contributed by atoms with Crippen molar-refractivity contribution in [2.45, 2.75) is 32.9 Å². The summed E-state index contributed by atoms with van der Waals surface area (Å²) in [6, 6.07) is 3.87. The van der Waals surface area contributed by atoms with E-state index in [1.165, 1.54) is 0 Å². The minimum absolute atomic E-state index is 0.0836. The number of hydrogen-bond donors (Lipinski definition) is 0. The Morgan fingerprint density at radius 3 is 2.68 bits per heavy atom. The zero-order valence-corrected chi connectivity index (χ0v) is 14.8. The lowest BCUT2D eigenvalue weighted by atomic mass is 10.2. The number of amides is 2. The molecule has 1 unspecified atom stereocenters. The van der Waals surface area contributed by atoms with E-state index in [1.807, 2.05) is 23.4 Å². The first-order valence-corrected chi connectivity index (χ1v) is 8.59. The van der Waals surface area contributed by atoms with E-state index in [0.717, 1.165) is 17.8 Å². The molecule has 4 rings (SSSR count). The summed E-state index contributed by atoms with van der Waals surface area (Å²) in [5.41, 5.74) is 2.95. The molecular weight excluding hydrogens is 320 g/mol. The van der Waals surface area contributed by atoms with Gasteiger partial charge in [0, 0.05) is 38.4 Å². The van der Waals surface area contributed by atoms with Gasteiger partial charge in [0.2, 0.25) is 0 Å². The van der Waals surface area contributed by atoms with Crippen LogP contribution in [0.5, 0.6) is 0 Å². The molecule has 4 heterocycles. The average Bonchev–Trinajstić information content (AvgIpc) is 3.28. The average molecular weight is 342 g/mol. The number of likely N-dealkylation sites (tertiary alicyclic amines) is 1. The lowest BCUT2D eigenvalue weighted by molar-refractivity contribution is 0.0738. The molecule has 25 heavy (non-hydrogen) atoms. The SMILES string of the molecule is Cc1cc(C)n(C2CCN(C(=O)c3cc4n(n3)CCN(C)C4=O)C2)n1. The van der Waals surface area contributed by atoms with Gasteiger partial charge in [-0.1, -0.05) is 0 Å². The molecule has 2 aromatic heterocycles. The van der Waals surface area contributed by atoms with Crippen molar-refractivity contribution in [2.75, 3.05) is 26.7 Å². The molecule has 0 aromatic carbocycles. The van der Waals surface area contributed by atoms with Gasteiger partial charge in [-0.15, -0.1) is 0 Å². The van der Waals surface area contributed by atoms with Crippen LogP contribution in [0.25, 0.3) is 0 Å². The quantitative estimate of drug-likeness (QED) is 0.811. The molecule has 0 spiro atoms. The molecule has 132 valence electrons. The predicted octanol–water partition coefficient (Wildman–Crippen LogP) is 0.869. The summed E-state index contributed by atoms with van der Waals surface area (Å²) in [4.78, 5) is 28.5. The van der Waals surface area contributed by atoms with Gasteiger partial charge in [-0.05, 0) is 26.3 Å². The van der Waals surface area contributed by atoms with Gasteiger partial charge in [0.25, 0.3) is 11.8 Å². The van der Waals surface area contributed by atoms with Crippen molar-refractivity contribution in [3.05, 3.63) is 34.9 Å². The number of aryl methyl sites for hydroxylation is 2. The number of rotatable bonds is 2. The van der Waals surface area contributed by atoms with Crippen LogP contribution in [0.1, 0.15) is 44.8 Å². The van der Waals surface area contributed by atoms with E-state index in [-0.39, 0.29) is 17.9 Å². The lowest BCUT2D eigenvalue weighted by Crippen LogP contribution is -2.37. The van der Waals surface area contributed by atoms with Crippen LogP contribution in [-0.4, -0.2) is 67.9 Å². The van der Waals surface area contributed by atoms with Crippen LogP contribution < -0.4 is 0 Å². The molecule has 8 heteroatoms. The fraction of sp³-hybridized carbons (Fsp3) is 0.529. The van der Waals surface area contributed by atoms with Crippen LogP contribution in [0.3, 0.4) is 0 Å². The zero-order valence-electron chi connectivity index (χ0n) is 14.8. The number of aromatic nitrogens is 4. The summed E-state index contributed by atoms with van der Waals surface area (Å²) in [6.07, 6.45) is 0.878. The predicted molar refractivity (Wildman–Crippen MR) is 90.4 cm³/mol. The first-order chi connectivity index (χ1) is 11.9. The van der Waals surface area contributed by atoms with Crippen molar-refractivity contribution in [3.63, 3.8) is 0 Å². The van der Waals surface area contributed by atoms with Gasteiger partial charge in [0.15, 0.2) is 5.69 Å². The van der Waals surface area contributed by atoms with Crippen molar-refractivity contribution in [1.29, 1.82) is 0 Å². The van der Waals surface area contributed by atoms with Crippen LogP contribution in [0.4, 0.5) is 0 Å². The fourth-order valence-corrected chi connectivity index (χ4v) is 3.71. The van der Waals surface area contributed by atoms with E-state index >= 15 is 0 Å². The third-order valence-corrected chi connectivity index (χ3v) is 5.05. The van der Waals surface area contributed by atoms with Crippen LogP contribution >= 0.6 is 0 Å². The Kier molecular flexibility index (Phi) is 3.63. The Balaban J connectivity index is 1.52. The normalized spacial score (nSPS) is 20.3. The van der Waals surface area contributed by atoms with E-state index in [9.17, 15) is 9.59 Å². The fourth-order valence-electron chi connectivity index (χ4n) is 3.71. The lowest BCUT2D eigenvalue weighted by Gasteiger charge is -2.22. The second-order valence-corrected chi connectivity index (χ2v) is 6.93. The molecule has 2 aliphatic heterocycles. The molecule has 0 bridgehead atoms. The van der Waals surface area contributed by atoms with Gasteiger partial charge >= 0.3 is 0 Å². The number of likely N-dealkylation sites (N-methyl/N-ethyl adjacent to an activating group) is 1. The Labute approximate surface area is 146 Å². The third-order valence-electron chi connectivity index (χ3n) is 5.05. The Morgan fingerprint density at radius 2 is 1.96 bits per heavy atom. The van der Waals surface area contributed by atoms with E-state index in [0.29, 0.717) is 37.6 Å². The van der Waals surface area contributed by atoms with Crippen LogP contribution in [0.2, 0.25) is 0 Å². The number of carbonyl (C=O) groups is 2. The molecule has 8 nitrogen and oxygen atoms in total. The molecule has 1 fully saturated rings. The van der Waals surface area contributed by atoms with Gasteiger partial charge < -0.3 is 9.80 Å². The maximum absolute atomic E-state index is 12.8. The monoisotopic (exact) mass is 342 g/mol. The van der Waals surface area contributed by atoms with E-state index in [4.69, 9.17) is 0 Å². The summed E-state index contributed by atoms with van der Waals surface area (Å²) in [7, 11) is 1.76. The largest absolute Gasteiger partial charge is 0.339 e. The maximum Gasteiger partial charge on any atom is 0.274 e. The first kappa shape index (κ1) is 15.9. The number of nitrogens with zero attached hydrogens (tertiary/aromatic N) is 6. The second kappa shape index (κ2) is 5.72. The van der Waals surface area contributed by atoms with Gasteiger partial charge in [-0.25, -0.2) is 0 Å². The van der Waals surface area contributed by atoms with E-state index in [2.05, 4.69) is 16.3 Å². The van der Waals surface area contributed by atoms with Crippen LogP contribution in [0, 0.1) is 13.8 Å². The molecule has 0 N–H and O–H groups in total. The molecule has 1 atom stereocenters. The highest BCUT2D eigenvalue weighted by Crippen LogP contribution is 2.25. The summed E-state index contributed by atoms with van der Waals surface area (Å²) in [5.74, 6) is -0.193. The van der Waals surface area contributed by atoms with Gasteiger partial charge in [0.05, 0.1) is 18.3 Å². The third kappa shape index (κ3) is 2.61. The van der Waals surface area contributed by atoms with Gasteiger partial charge in [-0.3, -0.25) is 19.0 Å². The van der Waals surface area contributed by atoms with Gasteiger partial charge in [-0.2, -0.15) is 10.2 Å². The molecule has 2 aliphatic rings. The maximum atomic E-state index is 12.8. The highest BCUT2D eigenvalue weighted by Gasteiger charge is 2.32. The van der Waals surface area contributed by atoms with Crippen molar-refractivity contribution >= 4 is 11.8 Å². The Morgan fingerprint density at radius 1 is 1.16 bits per heavy atom. The van der Waals surface area contributed by atoms with Gasteiger partial charge in [0.1, 0.15) is 5.69 Å². The molecule has 2 amide bonds. The standard InChI is InChI=1S/C17H22N6O2/c1-11-8-12(2)23(18-11)13-4-5-21(10-13)16(24)14-9-15-17(25)20(3)6-7-22(15)19-14/h8-9,13H,4-7,10H2,1-3H3. The van der Waals surface area contributed by atoms with Crippen molar-refractivity contribution in [2.24, 2.45) is 0 Å². The van der Waals surface area contributed by atoms with E-state index < -0.39 is 0 Å². The van der Waals surface area contributed by atoms with Crippen molar-refractivity contribution in [3.8, 4) is 0 Å². The van der Waals surface area contributed by atoms with E-state index in [1.54, 1.807) is 22.7 Å². The Bertz CT molecular complexity index is 851. The molecule has 0 saturated carbocycles. The second-order valence-electron chi connectivity index (χ2n) is 6.93. The number of fused-ring (bicyclic) bond motifs is 1. The molecule has 1 saturated heterocycles. The minimum Gasteiger partial charge on any atom is -0.339 e. The van der Waals surface area contributed by atoms with Crippen molar-refractivity contribution in [1.82, 2.24) is 29.4 Å². The zero-order chi connectivity index (χ0) is 17.7. The van der Waals surface area contributed by atoms with Crippen LogP contribution in [-0.2, 0) is 6.54 Å². The summed E-state index contributed by atoms with van der Waals surface area (Å²) >= 11 is 0. The Hall–Kier alpha value is -2.64.